The highest BCUT2D eigenvalue weighted by atomic mass is 16.5. The van der Waals surface area contributed by atoms with E-state index in [4.69, 9.17) is 14.0 Å². The Kier molecular flexibility index (Phi) is 4.98. The van der Waals surface area contributed by atoms with Crippen molar-refractivity contribution in [1.29, 1.82) is 0 Å². The lowest BCUT2D eigenvalue weighted by atomic mass is 10.2. The maximum absolute atomic E-state index is 5.63. The molecule has 0 aliphatic carbocycles. The van der Waals surface area contributed by atoms with Gasteiger partial charge in [0.25, 0.3) is 5.89 Å². The first-order valence-electron chi connectivity index (χ1n) is 6.94. The Morgan fingerprint density at radius 2 is 2.10 bits per heavy atom. The summed E-state index contributed by atoms with van der Waals surface area (Å²) in [5, 5.41) is 3.98. The molecule has 2 aromatic rings. The predicted octanol–water partition coefficient (Wildman–Crippen LogP) is 3.96. The average Bonchev–Trinajstić information content (AvgIpc) is 2.92. The van der Waals surface area contributed by atoms with E-state index < -0.39 is 0 Å². The largest absolute Gasteiger partial charge is 0.493 e. The minimum Gasteiger partial charge on any atom is -0.493 e. The lowest BCUT2D eigenvalue weighted by Gasteiger charge is -2.10. The van der Waals surface area contributed by atoms with Gasteiger partial charge in [-0.05, 0) is 38.5 Å². The molecule has 112 valence electrons. The first kappa shape index (κ1) is 15.1. The van der Waals surface area contributed by atoms with E-state index >= 15 is 0 Å². The molecule has 0 fully saturated rings. The fourth-order valence-electron chi connectivity index (χ4n) is 1.80. The van der Waals surface area contributed by atoms with Gasteiger partial charge in [-0.25, -0.2) is 0 Å². The van der Waals surface area contributed by atoms with Crippen molar-refractivity contribution in [3.63, 3.8) is 0 Å². The van der Waals surface area contributed by atoms with Crippen molar-refractivity contribution < 1.29 is 14.0 Å². The number of ether oxygens (including phenoxy) is 2. The van der Waals surface area contributed by atoms with E-state index in [1.54, 1.807) is 7.11 Å². The van der Waals surface area contributed by atoms with Crippen LogP contribution in [0.5, 0.6) is 11.5 Å². The second kappa shape index (κ2) is 6.92. The number of nitrogens with zero attached hydrogens (tertiary/aromatic N) is 2. The molecular formula is C16H20N2O3. The van der Waals surface area contributed by atoms with Crippen molar-refractivity contribution in [3.05, 3.63) is 29.7 Å². The van der Waals surface area contributed by atoms with E-state index in [0.29, 0.717) is 24.1 Å². The van der Waals surface area contributed by atoms with Crippen LogP contribution in [0.3, 0.4) is 0 Å². The summed E-state index contributed by atoms with van der Waals surface area (Å²) in [6.07, 6.45) is 2.79. The van der Waals surface area contributed by atoms with Crippen LogP contribution in [0.25, 0.3) is 17.5 Å². The topological polar surface area (TPSA) is 57.4 Å². The Labute approximate surface area is 124 Å². The second-order valence-electron chi connectivity index (χ2n) is 4.89. The molecule has 21 heavy (non-hydrogen) atoms. The van der Waals surface area contributed by atoms with Crippen LogP contribution in [0.15, 0.2) is 28.3 Å². The van der Waals surface area contributed by atoms with Crippen LogP contribution in [0.4, 0.5) is 0 Å². The third kappa shape index (κ3) is 3.84. The zero-order valence-corrected chi connectivity index (χ0v) is 12.8. The highest BCUT2D eigenvalue weighted by molar-refractivity contribution is 5.61. The van der Waals surface area contributed by atoms with E-state index in [1.807, 2.05) is 38.1 Å². The predicted molar refractivity (Wildman–Crippen MR) is 81.4 cm³/mol. The maximum atomic E-state index is 5.63. The summed E-state index contributed by atoms with van der Waals surface area (Å²) in [6, 6.07) is 5.60. The first-order valence-corrected chi connectivity index (χ1v) is 6.94. The molecule has 5 heteroatoms. The van der Waals surface area contributed by atoms with Crippen LogP contribution in [-0.4, -0.2) is 23.9 Å². The van der Waals surface area contributed by atoms with Crippen LogP contribution in [0.1, 0.15) is 33.1 Å². The molecule has 5 nitrogen and oxygen atoms in total. The van der Waals surface area contributed by atoms with Gasteiger partial charge in [-0.2, -0.15) is 4.98 Å². The van der Waals surface area contributed by atoms with Crippen LogP contribution in [0, 0.1) is 0 Å². The van der Waals surface area contributed by atoms with Crippen molar-refractivity contribution in [2.45, 2.75) is 27.2 Å². The number of methoxy groups -OCH3 is 1. The molecule has 0 amide bonds. The molecule has 0 aliphatic heterocycles. The summed E-state index contributed by atoms with van der Waals surface area (Å²) in [5.74, 6) is 2.41. The third-order valence-electron chi connectivity index (χ3n) is 2.74. The van der Waals surface area contributed by atoms with Crippen molar-refractivity contribution >= 4 is 6.08 Å². The number of hydrogen-bond acceptors (Lipinski definition) is 5. The lowest BCUT2D eigenvalue weighted by molar-refractivity contribution is 0.294. The van der Waals surface area contributed by atoms with Crippen LogP contribution in [0.2, 0.25) is 0 Å². The fraction of sp³-hybridized carbons (Fsp3) is 0.375. The molecule has 1 aromatic carbocycles. The van der Waals surface area contributed by atoms with E-state index in [-0.39, 0.29) is 0 Å². The molecule has 0 saturated carbocycles. The molecule has 2 rings (SSSR count). The van der Waals surface area contributed by atoms with Gasteiger partial charge in [-0.3, -0.25) is 0 Å². The van der Waals surface area contributed by atoms with Gasteiger partial charge in [-0.15, -0.1) is 0 Å². The zero-order valence-electron chi connectivity index (χ0n) is 12.8. The van der Waals surface area contributed by atoms with E-state index in [9.17, 15) is 0 Å². The van der Waals surface area contributed by atoms with Gasteiger partial charge in [0.15, 0.2) is 11.5 Å². The maximum Gasteiger partial charge on any atom is 0.250 e. The van der Waals surface area contributed by atoms with Gasteiger partial charge in [0, 0.05) is 11.6 Å². The molecular weight excluding hydrogens is 268 g/mol. The number of allylic oxidation sites excluding steroid dienone is 1. The number of hydrogen-bond donors (Lipinski definition) is 0. The van der Waals surface area contributed by atoms with Gasteiger partial charge >= 0.3 is 0 Å². The van der Waals surface area contributed by atoms with Gasteiger partial charge in [0.1, 0.15) is 0 Å². The van der Waals surface area contributed by atoms with Crippen molar-refractivity contribution in [2.75, 3.05) is 13.7 Å². The summed E-state index contributed by atoms with van der Waals surface area (Å²) >= 11 is 0. The van der Waals surface area contributed by atoms with Gasteiger partial charge < -0.3 is 14.0 Å². The minimum atomic E-state index is 0.496. The summed E-state index contributed by atoms with van der Waals surface area (Å²) in [6.45, 7) is 6.67. The van der Waals surface area contributed by atoms with Crippen LogP contribution in [-0.2, 0) is 0 Å². The molecule has 0 aliphatic rings. The Balaban J connectivity index is 2.28. The molecule has 0 atom stereocenters. The molecule has 0 unspecified atom stereocenters. The molecule has 1 heterocycles. The standard InChI is InChI=1S/C16H20N2O3/c1-5-8-20-13-7-6-12(10-14(13)19-4)16-17-15(21-18-16)9-11(2)3/h6-7,9-10H,5,8H2,1-4H3. The molecule has 0 spiro atoms. The van der Waals surface area contributed by atoms with Gasteiger partial charge in [0.05, 0.1) is 13.7 Å². The molecule has 1 aromatic heterocycles. The highest BCUT2D eigenvalue weighted by Crippen LogP contribution is 2.31. The van der Waals surface area contributed by atoms with Gasteiger partial charge in [0.2, 0.25) is 5.82 Å². The quantitative estimate of drug-likeness (QED) is 0.805. The van der Waals surface area contributed by atoms with E-state index in [1.165, 1.54) is 0 Å². The molecule has 0 bridgehead atoms. The van der Waals surface area contributed by atoms with E-state index in [2.05, 4.69) is 17.1 Å². The van der Waals surface area contributed by atoms with E-state index in [0.717, 1.165) is 23.3 Å². The average molecular weight is 288 g/mol. The molecule has 0 N–H and O–H groups in total. The molecule has 0 radical (unpaired) electrons. The number of aromatic nitrogens is 2. The Bertz CT molecular complexity index is 628. The lowest BCUT2D eigenvalue weighted by Crippen LogP contribution is -1.98. The van der Waals surface area contributed by atoms with Crippen molar-refractivity contribution in [3.8, 4) is 22.9 Å². The number of rotatable bonds is 6. The van der Waals surface area contributed by atoms with Gasteiger partial charge in [-0.1, -0.05) is 17.7 Å². The Morgan fingerprint density at radius 3 is 2.76 bits per heavy atom. The summed E-state index contributed by atoms with van der Waals surface area (Å²) in [7, 11) is 1.61. The van der Waals surface area contributed by atoms with Crippen molar-refractivity contribution in [2.24, 2.45) is 0 Å². The number of benzene rings is 1. The Hall–Kier alpha value is -2.30. The minimum absolute atomic E-state index is 0.496. The Morgan fingerprint density at radius 1 is 1.29 bits per heavy atom. The monoisotopic (exact) mass is 288 g/mol. The SMILES string of the molecule is CCCOc1ccc(-c2noc(C=C(C)C)n2)cc1OC. The first-order chi connectivity index (χ1) is 10.1. The zero-order chi connectivity index (χ0) is 15.2. The summed E-state index contributed by atoms with van der Waals surface area (Å²) in [5.41, 5.74) is 1.93. The van der Waals surface area contributed by atoms with Crippen LogP contribution < -0.4 is 9.47 Å². The smallest absolute Gasteiger partial charge is 0.250 e. The highest BCUT2D eigenvalue weighted by Gasteiger charge is 2.11. The normalized spacial score (nSPS) is 10.3. The molecule has 0 saturated heterocycles. The summed E-state index contributed by atoms with van der Waals surface area (Å²) in [4.78, 5) is 4.34. The van der Waals surface area contributed by atoms with Crippen molar-refractivity contribution in [1.82, 2.24) is 10.1 Å². The van der Waals surface area contributed by atoms with Crippen LogP contribution >= 0.6 is 0 Å². The second-order valence-corrected chi connectivity index (χ2v) is 4.89. The third-order valence-corrected chi connectivity index (χ3v) is 2.74. The summed E-state index contributed by atoms with van der Waals surface area (Å²) < 4.78 is 16.2. The fourth-order valence-corrected chi connectivity index (χ4v) is 1.80.